The number of hydrogen-bond acceptors (Lipinski definition) is 4. The van der Waals surface area contributed by atoms with Crippen molar-refractivity contribution in [3.63, 3.8) is 0 Å². The summed E-state index contributed by atoms with van der Waals surface area (Å²) in [6, 6.07) is 8.84. The van der Waals surface area contributed by atoms with Crippen LogP contribution in [-0.2, 0) is 4.79 Å². The lowest BCUT2D eigenvalue weighted by Gasteiger charge is -2.31. The van der Waals surface area contributed by atoms with Crippen LogP contribution in [0.4, 0.5) is 11.4 Å². The fourth-order valence-corrected chi connectivity index (χ4v) is 2.67. The van der Waals surface area contributed by atoms with E-state index in [1.807, 2.05) is 26.0 Å². The topological polar surface area (TPSA) is 83.1 Å². The first kappa shape index (κ1) is 22.9. The lowest BCUT2D eigenvalue weighted by atomic mass is 9.88. The number of nitrogens with one attached hydrogen (secondary N) is 3. The van der Waals surface area contributed by atoms with Gasteiger partial charge in [-0.1, -0.05) is 13.0 Å². The SMILES string of the molecule is Cc1ccc(NC(=O)C(C)C2CNC2)cc1NC(=O)c1ccncc1.Cl.Cl. The van der Waals surface area contributed by atoms with Crippen molar-refractivity contribution in [1.82, 2.24) is 10.3 Å². The highest BCUT2D eigenvalue weighted by molar-refractivity contribution is 6.05. The first-order valence-electron chi connectivity index (χ1n) is 8.38. The second kappa shape index (κ2) is 10.3. The zero-order chi connectivity index (χ0) is 17.8. The first-order valence-corrected chi connectivity index (χ1v) is 8.38. The molecule has 0 bridgehead atoms. The number of pyridine rings is 1. The molecule has 3 rings (SSSR count). The fraction of sp³-hybridized carbons (Fsp3) is 0.316. The summed E-state index contributed by atoms with van der Waals surface area (Å²) in [6.45, 7) is 5.63. The van der Waals surface area contributed by atoms with Gasteiger partial charge in [-0.05, 0) is 55.8 Å². The summed E-state index contributed by atoms with van der Waals surface area (Å²) in [5, 5.41) is 9.01. The summed E-state index contributed by atoms with van der Waals surface area (Å²) in [5.74, 6) is 0.137. The van der Waals surface area contributed by atoms with Crippen LogP contribution >= 0.6 is 24.8 Å². The molecule has 1 aliphatic heterocycles. The summed E-state index contributed by atoms with van der Waals surface area (Å²) in [5.41, 5.74) is 2.82. The Labute approximate surface area is 171 Å². The zero-order valence-electron chi connectivity index (χ0n) is 15.2. The Balaban J connectivity index is 0.00000182. The zero-order valence-corrected chi connectivity index (χ0v) is 16.8. The second-order valence-corrected chi connectivity index (χ2v) is 6.42. The summed E-state index contributed by atoms with van der Waals surface area (Å²) >= 11 is 0. The van der Waals surface area contributed by atoms with Crippen LogP contribution in [-0.4, -0.2) is 29.9 Å². The van der Waals surface area contributed by atoms with E-state index >= 15 is 0 Å². The highest BCUT2D eigenvalue weighted by Crippen LogP contribution is 2.23. The van der Waals surface area contributed by atoms with Gasteiger partial charge >= 0.3 is 0 Å². The molecule has 0 saturated carbocycles. The van der Waals surface area contributed by atoms with E-state index in [9.17, 15) is 9.59 Å². The average molecular weight is 411 g/mol. The minimum atomic E-state index is -0.206. The Morgan fingerprint density at radius 1 is 1.11 bits per heavy atom. The van der Waals surface area contributed by atoms with E-state index in [0.29, 0.717) is 22.9 Å². The smallest absolute Gasteiger partial charge is 0.255 e. The number of aromatic nitrogens is 1. The Bertz CT molecular complexity index is 783. The van der Waals surface area contributed by atoms with Crippen molar-refractivity contribution in [2.45, 2.75) is 13.8 Å². The van der Waals surface area contributed by atoms with E-state index in [4.69, 9.17) is 0 Å². The molecule has 1 atom stereocenters. The highest BCUT2D eigenvalue weighted by atomic mass is 35.5. The standard InChI is InChI=1S/C19H22N4O2.2ClH/c1-12-3-4-16(22-18(24)13(2)15-10-21-11-15)9-17(12)23-19(25)14-5-7-20-8-6-14;;/h3-9,13,15,21H,10-11H2,1-2H3,(H,22,24)(H,23,25);2*1H. The second-order valence-electron chi connectivity index (χ2n) is 6.42. The van der Waals surface area contributed by atoms with Gasteiger partial charge in [0.05, 0.1) is 0 Å². The number of aryl methyl sites for hydroxylation is 1. The number of nitrogens with zero attached hydrogens (tertiary/aromatic N) is 1. The van der Waals surface area contributed by atoms with Crippen molar-refractivity contribution < 1.29 is 9.59 Å². The molecule has 1 aromatic heterocycles. The van der Waals surface area contributed by atoms with E-state index in [1.54, 1.807) is 30.6 Å². The predicted octanol–water partition coefficient (Wildman–Crippen LogP) is 3.28. The molecular weight excluding hydrogens is 387 g/mol. The number of halogens is 2. The van der Waals surface area contributed by atoms with Crippen LogP contribution in [0.1, 0.15) is 22.8 Å². The molecule has 1 saturated heterocycles. The van der Waals surface area contributed by atoms with Gasteiger partial charge in [-0.3, -0.25) is 14.6 Å². The van der Waals surface area contributed by atoms with Crippen LogP contribution in [0.3, 0.4) is 0 Å². The quantitative estimate of drug-likeness (QED) is 0.705. The summed E-state index contributed by atoms with van der Waals surface area (Å²) in [4.78, 5) is 28.6. The molecule has 0 aliphatic carbocycles. The monoisotopic (exact) mass is 410 g/mol. The molecule has 2 heterocycles. The van der Waals surface area contributed by atoms with Crippen molar-refractivity contribution >= 4 is 48.0 Å². The molecule has 8 heteroatoms. The average Bonchev–Trinajstić information content (AvgIpc) is 2.57. The third-order valence-electron chi connectivity index (χ3n) is 4.63. The third-order valence-corrected chi connectivity index (χ3v) is 4.63. The molecule has 2 amide bonds. The Kier molecular flexibility index (Phi) is 8.69. The third kappa shape index (κ3) is 5.66. The number of amides is 2. The summed E-state index contributed by atoms with van der Waals surface area (Å²) < 4.78 is 0. The van der Waals surface area contributed by atoms with Crippen LogP contribution in [0, 0.1) is 18.8 Å². The summed E-state index contributed by atoms with van der Waals surface area (Å²) in [7, 11) is 0. The van der Waals surface area contributed by atoms with Crippen LogP contribution < -0.4 is 16.0 Å². The van der Waals surface area contributed by atoms with Gasteiger partial charge < -0.3 is 16.0 Å². The highest BCUT2D eigenvalue weighted by Gasteiger charge is 2.28. The number of carbonyl (C=O) groups is 2. The van der Waals surface area contributed by atoms with Crippen LogP contribution in [0.5, 0.6) is 0 Å². The largest absolute Gasteiger partial charge is 0.326 e. The lowest BCUT2D eigenvalue weighted by molar-refractivity contribution is -0.121. The van der Waals surface area contributed by atoms with Gasteiger partial charge in [-0.2, -0.15) is 0 Å². The lowest BCUT2D eigenvalue weighted by Crippen LogP contribution is -2.48. The van der Waals surface area contributed by atoms with Crippen molar-refractivity contribution in [3.05, 3.63) is 53.9 Å². The van der Waals surface area contributed by atoms with Crippen LogP contribution in [0.15, 0.2) is 42.7 Å². The maximum absolute atomic E-state index is 12.4. The molecule has 1 unspecified atom stereocenters. The molecule has 2 aromatic rings. The van der Waals surface area contributed by atoms with Gasteiger partial charge in [0.1, 0.15) is 0 Å². The molecule has 0 spiro atoms. The van der Waals surface area contributed by atoms with Gasteiger partial charge in [-0.25, -0.2) is 0 Å². The minimum absolute atomic E-state index is 0. The van der Waals surface area contributed by atoms with Crippen LogP contribution in [0.25, 0.3) is 0 Å². The normalized spacial score (nSPS) is 14.0. The van der Waals surface area contributed by atoms with Gasteiger partial charge in [0, 0.05) is 35.2 Å². The van der Waals surface area contributed by atoms with E-state index in [2.05, 4.69) is 20.9 Å². The van der Waals surface area contributed by atoms with E-state index < -0.39 is 0 Å². The number of rotatable bonds is 5. The fourth-order valence-electron chi connectivity index (χ4n) is 2.67. The number of anilines is 2. The van der Waals surface area contributed by atoms with E-state index in [1.165, 1.54) is 0 Å². The first-order chi connectivity index (χ1) is 12.0. The Hall–Kier alpha value is -2.15. The van der Waals surface area contributed by atoms with E-state index in [-0.39, 0.29) is 42.5 Å². The minimum Gasteiger partial charge on any atom is -0.326 e. The van der Waals surface area contributed by atoms with Crippen molar-refractivity contribution in [3.8, 4) is 0 Å². The summed E-state index contributed by atoms with van der Waals surface area (Å²) in [6.07, 6.45) is 3.16. The van der Waals surface area contributed by atoms with Crippen LogP contribution in [0.2, 0.25) is 0 Å². The van der Waals surface area contributed by atoms with Gasteiger partial charge in [0.15, 0.2) is 0 Å². The molecule has 27 heavy (non-hydrogen) atoms. The van der Waals surface area contributed by atoms with Gasteiger partial charge in [0.25, 0.3) is 5.91 Å². The molecule has 3 N–H and O–H groups in total. The van der Waals surface area contributed by atoms with Crippen molar-refractivity contribution in [1.29, 1.82) is 0 Å². The molecule has 6 nitrogen and oxygen atoms in total. The molecule has 1 fully saturated rings. The maximum atomic E-state index is 12.4. The Morgan fingerprint density at radius 2 is 1.78 bits per heavy atom. The molecule has 0 radical (unpaired) electrons. The molecule has 146 valence electrons. The van der Waals surface area contributed by atoms with Gasteiger partial charge in [0.2, 0.25) is 5.91 Å². The number of hydrogen-bond donors (Lipinski definition) is 3. The molecular formula is C19H24Cl2N4O2. The van der Waals surface area contributed by atoms with Crippen molar-refractivity contribution in [2.75, 3.05) is 23.7 Å². The Morgan fingerprint density at radius 3 is 2.37 bits per heavy atom. The molecule has 1 aliphatic rings. The molecule has 1 aromatic carbocycles. The predicted molar refractivity (Wildman–Crippen MR) is 112 cm³/mol. The van der Waals surface area contributed by atoms with Crippen molar-refractivity contribution in [2.24, 2.45) is 11.8 Å². The number of carbonyl (C=O) groups excluding carboxylic acids is 2. The van der Waals surface area contributed by atoms with Gasteiger partial charge in [-0.15, -0.1) is 24.8 Å². The maximum Gasteiger partial charge on any atom is 0.255 e. The number of benzene rings is 1. The van der Waals surface area contributed by atoms with E-state index in [0.717, 1.165) is 18.7 Å².